The summed E-state index contributed by atoms with van der Waals surface area (Å²) in [4.78, 5) is 7.73. The van der Waals surface area contributed by atoms with Crippen LogP contribution in [0.4, 0.5) is 10.3 Å². The minimum atomic E-state index is -0.471. The monoisotopic (exact) mass is 240 g/mol. The number of anilines is 1. The van der Waals surface area contributed by atoms with Crippen LogP contribution in [0.25, 0.3) is 0 Å². The smallest absolute Gasteiger partial charge is 0.240 e. The Labute approximate surface area is 99.2 Å². The second-order valence-electron chi connectivity index (χ2n) is 4.25. The molecule has 94 valence electrons. The Balaban J connectivity index is 2.07. The fourth-order valence-corrected chi connectivity index (χ4v) is 1.96. The minimum Gasteiger partial charge on any atom is -0.326 e. The Kier molecular flexibility index (Phi) is 3.82. The molecule has 0 bridgehead atoms. The Morgan fingerprint density at radius 3 is 2.82 bits per heavy atom. The van der Waals surface area contributed by atoms with Gasteiger partial charge in [0.05, 0.1) is 18.4 Å². The summed E-state index contributed by atoms with van der Waals surface area (Å²) in [5.74, 6) is 5.81. The molecule has 0 radical (unpaired) electrons. The molecule has 2 heterocycles. The fraction of sp³-hybridized carbons (Fsp3) is 0.600. The van der Waals surface area contributed by atoms with E-state index in [1.807, 2.05) is 0 Å². The van der Waals surface area contributed by atoms with E-state index in [9.17, 15) is 4.39 Å². The van der Waals surface area contributed by atoms with Crippen LogP contribution in [0.1, 0.15) is 12.8 Å². The zero-order chi connectivity index (χ0) is 12.3. The highest BCUT2D eigenvalue weighted by Crippen LogP contribution is 2.14. The van der Waals surface area contributed by atoms with Gasteiger partial charge in [-0.1, -0.05) is 0 Å². The van der Waals surface area contributed by atoms with E-state index in [0.29, 0.717) is 5.95 Å². The summed E-state index contributed by atoms with van der Waals surface area (Å²) in [5, 5.41) is 4.71. The number of nitrogens with zero attached hydrogens (tertiary/aromatic N) is 3. The number of nitrogens with two attached hydrogens (primary N) is 2. The van der Waals surface area contributed by atoms with Gasteiger partial charge in [-0.2, -0.15) is 0 Å². The standard InChI is InChI=1S/C10H17FN6/c11-7-4-15-10(16-5-7)17(13)9-1-2-14-6-8(12)3-9/h4-5,8-9,14H,1-3,6,12-13H2. The Morgan fingerprint density at radius 2 is 2.12 bits per heavy atom. The second-order valence-corrected chi connectivity index (χ2v) is 4.25. The van der Waals surface area contributed by atoms with Crippen LogP contribution in [0.15, 0.2) is 12.4 Å². The molecule has 1 saturated heterocycles. The van der Waals surface area contributed by atoms with Crippen LogP contribution in [-0.4, -0.2) is 35.1 Å². The van der Waals surface area contributed by atoms with Gasteiger partial charge in [0.15, 0.2) is 5.82 Å². The molecule has 0 aliphatic carbocycles. The van der Waals surface area contributed by atoms with Gasteiger partial charge in [-0.15, -0.1) is 0 Å². The number of hydrazine groups is 1. The van der Waals surface area contributed by atoms with Crippen molar-refractivity contribution in [3.8, 4) is 0 Å². The van der Waals surface area contributed by atoms with Crippen LogP contribution in [-0.2, 0) is 0 Å². The average Bonchev–Trinajstić information content (AvgIpc) is 2.54. The molecular weight excluding hydrogens is 223 g/mol. The van der Waals surface area contributed by atoms with Crippen molar-refractivity contribution in [1.29, 1.82) is 0 Å². The van der Waals surface area contributed by atoms with Crippen molar-refractivity contribution in [2.24, 2.45) is 11.6 Å². The Hall–Kier alpha value is -1.31. The largest absolute Gasteiger partial charge is 0.326 e. The fourth-order valence-electron chi connectivity index (χ4n) is 1.96. The highest BCUT2D eigenvalue weighted by atomic mass is 19.1. The van der Waals surface area contributed by atoms with Crippen LogP contribution < -0.4 is 21.9 Å². The van der Waals surface area contributed by atoms with Gasteiger partial charge in [0.2, 0.25) is 5.95 Å². The van der Waals surface area contributed by atoms with Crippen LogP contribution in [0.2, 0.25) is 0 Å². The maximum atomic E-state index is 12.7. The van der Waals surface area contributed by atoms with Crippen LogP contribution in [0.3, 0.4) is 0 Å². The normalized spacial score (nSPS) is 25.4. The van der Waals surface area contributed by atoms with Gasteiger partial charge in [0.1, 0.15) is 0 Å². The van der Waals surface area contributed by atoms with Crippen molar-refractivity contribution in [3.05, 3.63) is 18.2 Å². The van der Waals surface area contributed by atoms with Crippen LogP contribution >= 0.6 is 0 Å². The molecule has 1 aromatic rings. The molecule has 2 atom stereocenters. The third-order valence-electron chi connectivity index (χ3n) is 2.87. The highest BCUT2D eigenvalue weighted by molar-refractivity contribution is 5.27. The number of hydrogen-bond acceptors (Lipinski definition) is 6. The molecule has 2 unspecified atom stereocenters. The summed E-state index contributed by atoms with van der Waals surface area (Å²) in [6.07, 6.45) is 3.85. The van der Waals surface area contributed by atoms with Crippen LogP contribution in [0.5, 0.6) is 0 Å². The quantitative estimate of drug-likeness (QED) is 0.471. The zero-order valence-electron chi connectivity index (χ0n) is 9.51. The van der Waals surface area contributed by atoms with Gasteiger partial charge in [0, 0.05) is 12.6 Å². The molecule has 7 heteroatoms. The summed E-state index contributed by atoms with van der Waals surface area (Å²) in [6, 6.07) is 0.138. The molecule has 0 spiro atoms. The Bertz CT molecular complexity index is 356. The molecule has 0 amide bonds. The van der Waals surface area contributed by atoms with Gasteiger partial charge in [-0.3, -0.25) is 5.01 Å². The summed E-state index contributed by atoms with van der Waals surface area (Å²) in [7, 11) is 0. The molecule has 2 rings (SSSR count). The van der Waals surface area contributed by atoms with E-state index >= 15 is 0 Å². The van der Waals surface area contributed by atoms with Gasteiger partial charge >= 0.3 is 0 Å². The number of halogens is 1. The van der Waals surface area contributed by atoms with Crippen molar-refractivity contribution in [2.75, 3.05) is 18.1 Å². The minimum absolute atomic E-state index is 0.0639. The average molecular weight is 240 g/mol. The molecule has 1 aromatic heterocycles. The lowest BCUT2D eigenvalue weighted by Crippen LogP contribution is -2.45. The molecule has 1 fully saturated rings. The van der Waals surface area contributed by atoms with E-state index in [1.54, 1.807) is 0 Å². The lowest BCUT2D eigenvalue weighted by molar-refractivity contribution is 0.503. The third kappa shape index (κ3) is 3.09. The number of aromatic nitrogens is 2. The van der Waals surface area contributed by atoms with E-state index in [2.05, 4.69) is 15.3 Å². The molecule has 5 N–H and O–H groups in total. The summed E-state index contributed by atoms with van der Waals surface area (Å²) in [5.41, 5.74) is 5.92. The van der Waals surface area contributed by atoms with Crippen LogP contribution in [0, 0.1) is 5.82 Å². The zero-order valence-corrected chi connectivity index (χ0v) is 9.51. The second kappa shape index (κ2) is 5.35. The van der Waals surface area contributed by atoms with E-state index in [1.165, 1.54) is 5.01 Å². The van der Waals surface area contributed by atoms with Crippen molar-refractivity contribution in [2.45, 2.75) is 24.9 Å². The van der Waals surface area contributed by atoms with E-state index in [0.717, 1.165) is 38.3 Å². The lowest BCUT2D eigenvalue weighted by Gasteiger charge is -2.27. The molecule has 0 aromatic carbocycles. The maximum Gasteiger partial charge on any atom is 0.240 e. The molecule has 1 aliphatic heterocycles. The maximum absolute atomic E-state index is 12.7. The molecular formula is C10H17FN6. The summed E-state index contributed by atoms with van der Waals surface area (Å²) >= 11 is 0. The molecule has 0 saturated carbocycles. The first-order valence-corrected chi connectivity index (χ1v) is 5.64. The van der Waals surface area contributed by atoms with Crippen molar-refractivity contribution in [1.82, 2.24) is 15.3 Å². The number of rotatable bonds is 2. The highest BCUT2D eigenvalue weighted by Gasteiger charge is 2.23. The SMILES string of the molecule is NC1CNCCC(N(N)c2ncc(F)cn2)C1. The summed E-state index contributed by atoms with van der Waals surface area (Å²) < 4.78 is 12.7. The molecule has 6 nitrogen and oxygen atoms in total. The van der Waals surface area contributed by atoms with E-state index < -0.39 is 5.82 Å². The first kappa shape index (κ1) is 12.2. The summed E-state index contributed by atoms with van der Waals surface area (Å²) in [6.45, 7) is 1.64. The van der Waals surface area contributed by atoms with Gasteiger partial charge in [-0.05, 0) is 19.4 Å². The van der Waals surface area contributed by atoms with Gasteiger partial charge in [-0.25, -0.2) is 20.2 Å². The third-order valence-corrected chi connectivity index (χ3v) is 2.87. The van der Waals surface area contributed by atoms with E-state index in [4.69, 9.17) is 11.6 Å². The predicted molar refractivity (Wildman–Crippen MR) is 62.5 cm³/mol. The topological polar surface area (TPSA) is 93.1 Å². The van der Waals surface area contributed by atoms with E-state index in [-0.39, 0.29) is 12.1 Å². The van der Waals surface area contributed by atoms with Crippen molar-refractivity contribution < 1.29 is 4.39 Å². The first-order chi connectivity index (χ1) is 8.16. The predicted octanol–water partition coefficient (Wildman–Crippen LogP) is -0.625. The van der Waals surface area contributed by atoms with Gasteiger partial charge in [0.25, 0.3) is 0 Å². The number of nitrogens with one attached hydrogen (secondary N) is 1. The first-order valence-electron chi connectivity index (χ1n) is 5.64. The number of hydrogen-bond donors (Lipinski definition) is 3. The van der Waals surface area contributed by atoms with Gasteiger partial charge < -0.3 is 11.1 Å². The Morgan fingerprint density at radius 1 is 1.41 bits per heavy atom. The molecule has 1 aliphatic rings. The van der Waals surface area contributed by atoms with Crippen molar-refractivity contribution >= 4 is 5.95 Å². The molecule has 17 heavy (non-hydrogen) atoms. The lowest BCUT2D eigenvalue weighted by atomic mass is 10.1. The van der Waals surface area contributed by atoms with Crippen molar-refractivity contribution in [3.63, 3.8) is 0 Å².